The van der Waals surface area contributed by atoms with Crippen LogP contribution in [0.4, 0.5) is 14.5 Å². The number of amides is 1. The number of aliphatic hydroxyl groups excluding tert-OH is 1. The maximum absolute atomic E-state index is 13.5. The molecule has 2 rings (SSSR count). The molecule has 0 aliphatic carbocycles. The van der Waals surface area contributed by atoms with Crippen LogP contribution in [0.25, 0.3) is 0 Å². The molecule has 0 aliphatic heterocycles. The summed E-state index contributed by atoms with van der Waals surface area (Å²) in [5.41, 5.74) is 2.03. The quantitative estimate of drug-likeness (QED) is 0.910. The minimum Gasteiger partial charge on any atom is -0.392 e. The third-order valence-corrected chi connectivity index (χ3v) is 3.12. The smallest absolute Gasteiger partial charge is 0.228 e. The second-order valence-corrected chi connectivity index (χ2v) is 4.77. The summed E-state index contributed by atoms with van der Waals surface area (Å²) in [6.07, 6.45) is -0.258. The lowest BCUT2D eigenvalue weighted by Crippen LogP contribution is -2.16. The number of rotatable bonds is 4. The number of hydrogen-bond acceptors (Lipinski definition) is 2. The van der Waals surface area contributed by atoms with Crippen LogP contribution in [0.3, 0.4) is 0 Å². The zero-order chi connectivity index (χ0) is 15.4. The molecule has 5 heteroatoms. The van der Waals surface area contributed by atoms with Crippen molar-refractivity contribution in [3.05, 3.63) is 64.7 Å². The number of carbonyl (C=O) groups excluding carboxylic acids is 1. The van der Waals surface area contributed by atoms with Crippen molar-refractivity contribution < 1.29 is 18.7 Å². The first kappa shape index (κ1) is 15.1. The first-order valence-electron chi connectivity index (χ1n) is 6.44. The Morgan fingerprint density at radius 2 is 1.95 bits per heavy atom. The standard InChI is InChI=1S/C16H15F2NO2/c1-10-2-3-11(9-20)6-15(10)19-16(21)8-12-7-13(17)4-5-14(12)18/h2-7,20H,8-9H2,1H3,(H,19,21). The zero-order valence-corrected chi connectivity index (χ0v) is 11.5. The summed E-state index contributed by atoms with van der Waals surface area (Å²) in [6.45, 7) is 1.67. The van der Waals surface area contributed by atoms with Gasteiger partial charge in [-0.2, -0.15) is 0 Å². The molecule has 2 aromatic carbocycles. The molecule has 0 saturated carbocycles. The minimum absolute atomic E-state index is 0.00321. The van der Waals surface area contributed by atoms with Crippen molar-refractivity contribution >= 4 is 11.6 Å². The van der Waals surface area contributed by atoms with Gasteiger partial charge in [0.05, 0.1) is 13.0 Å². The van der Waals surface area contributed by atoms with Crippen LogP contribution in [0.5, 0.6) is 0 Å². The predicted molar refractivity (Wildman–Crippen MR) is 75.8 cm³/mol. The Labute approximate surface area is 121 Å². The summed E-state index contributed by atoms with van der Waals surface area (Å²) in [7, 11) is 0. The van der Waals surface area contributed by atoms with Gasteiger partial charge < -0.3 is 10.4 Å². The zero-order valence-electron chi connectivity index (χ0n) is 11.5. The summed E-state index contributed by atoms with van der Waals surface area (Å²) >= 11 is 0. The molecule has 0 aliphatic rings. The number of halogens is 2. The second-order valence-electron chi connectivity index (χ2n) is 4.77. The number of carbonyl (C=O) groups is 1. The molecule has 0 bridgehead atoms. The lowest BCUT2D eigenvalue weighted by atomic mass is 10.1. The van der Waals surface area contributed by atoms with Gasteiger partial charge in [0.2, 0.25) is 5.91 Å². The molecular weight excluding hydrogens is 276 g/mol. The highest BCUT2D eigenvalue weighted by Gasteiger charge is 2.11. The van der Waals surface area contributed by atoms with Crippen molar-refractivity contribution in [3.63, 3.8) is 0 Å². The first-order valence-corrected chi connectivity index (χ1v) is 6.44. The van der Waals surface area contributed by atoms with Crippen molar-refractivity contribution in [1.82, 2.24) is 0 Å². The number of nitrogens with one attached hydrogen (secondary N) is 1. The van der Waals surface area contributed by atoms with Crippen LogP contribution >= 0.6 is 0 Å². The van der Waals surface area contributed by atoms with Crippen molar-refractivity contribution in [1.29, 1.82) is 0 Å². The molecule has 2 N–H and O–H groups in total. The highest BCUT2D eigenvalue weighted by atomic mass is 19.1. The van der Waals surface area contributed by atoms with E-state index in [1.54, 1.807) is 25.1 Å². The Hall–Kier alpha value is -2.27. The number of hydrogen-bond donors (Lipinski definition) is 2. The predicted octanol–water partition coefficient (Wildman–Crippen LogP) is 2.95. The fourth-order valence-corrected chi connectivity index (χ4v) is 1.95. The summed E-state index contributed by atoms with van der Waals surface area (Å²) < 4.78 is 26.5. The molecule has 0 atom stereocenters. The van der Waals surface area contributed by atoms with E-state index in [0.29, 0.717) is 11.3 Å². The van der Waals surface area contributed by atoms with E-state index in [0.717, 1.165) is 23.8 Å². The number of aliphatic hydroxyl groups is 1. The summed E-state index contributed by atoms with van der Waals surface area (Å²) in [4.78, 5) is 11.9. The largest absolute Gasteiger partial charge is 0.392 e. The maximum atomic E-state index is 13.5. The van der Waals surface area contributed by atoms with Crippen LogP contribution < -0.4 is 5.32 Å². The Bertz CT molecular complexity index is 671. The lowest BCUT2D eigenvalue weighted by molar-refractivity contribution is -0.115. The molecule has 21 heavy (non-hydrogen) atoms. The fraction of sp³-hybridized carbons (Fsp3) is 0.188. The van der Waals surface area contributed by atoms with Gasteiger partial charge in [0.1, 0.15) is 11.6 Å². The normalized spacial score (nSPS) is 10.5. The summed E-state index contributed by atoms with van der Waals surface area (Å²) in [5, 5.41) is 11.7. The van der Waals surface area contributed by atoms with Crippen LogP contribution in [-0.4, -0.2) is 11.0 Å². The molecule has 1 amide bonds. The fourth-order valence-electron chi connectivity index (χ4n) is 1.95. The third-order valence-electron chi connectivity index (χ3n) is 3.12. The molecule has 0 fully saturated rings. The first-order chi connectivity index (χ1) is 9.99. The van der Waals surface area contributed by atoms with Gasteiger partial charge in [-0.15, -0.1) is 0 Å². The highest BCUT2D eigenvalue weighted by molar-refractivity contribution is 5.93. The molecule has 0 saturated heterocycles. The molecule has 0 radical (unpaired) electrons. The van der Waals surface area contributed by atoms with E-state index in [9.17, 15) is 13.6 Å². The van der Waals surface area contributed by atoms with Crippen LogP contribution in [0, 0.1) is 18.6 Å². The highest BCUT2D eigenvalue weighted by Crippen LogP contribution is 2.18. The molecule has 2 aromatic rings. The average Bonchev–Trinajstić information content (AvgIpc) is 2.45. The van der Waals surface area contributed by atoms with Crippen molar-refractivity contribution in [2.24, 2.45) is 0 Å². The SMILES string of the molecule is Cc1ccc(CO)cc1NC(=O)Cc1cc(F)ccc1F. The van der Waals surface area contributed by atoms with E-state index in [2.05, 4.69) is 5.32 Å². The average molecular weight is 291 g/mol. The molecular formula is C16H15F2NO2. The van der Waals surface area contributed by atoms with Crippen LogP contribution in [-0.2, 0) is 17.8 Å². The summed E-state index contributed by atoms with van der Waals surface area (Å²) in [5.74, 6) is -1.65. The van der Waals surface area contributed by atoms with Crippen molar-refractivity contribution in [2.75, 3.05) is 5.32 Å². The van der Waals surface area contributed by atoms with E-state index >= 15 is 0 Å². The Kier molecular flexibility index (Phi) is 4.65. The van der Waals surface area contributed by atoms with Gasteiger partial charge in [0, 0.05) is 11.3 Å². The molecule has 0 heterocycles. The monoisotopic (exact) mass is 291 g/mol. The second kappa shape index (κ2) is 6.45. The third kappa shape index (κ3) is 3.86. The van der Waals surface area contributed by atoms with E-state index in [1.165, 1.54) is 0 Å². The van der Waals surface area contributed by atoms with Gasteiger partial charge in [-0.05, 0) is 42.3 Å². The van der Waals surface area contributed by atoms with Gasteiger partial charge in [-0.25, -0.2) is 8.78 Å². The molecule has 0 unspecified atom stereocenters. The van der Waals surface area contributed by atoms with Crippen LogP contribution in [0.15, 0.2) is 36.4 Å². The van der Waals surface area contributed by atoms with E-state index < -0.39 is 17.5 Å². The van der Waals surface area contributed by atoms with E-state index in [1.807, 2.05) is 0 Å². The van der Waals surface area contributed by atoms with Crippen LogP contribution in [0.1, 0.15) is 16.7 Å². The number of aryl methyl sites for hydroxylation is 1. The van der Waals surface area contributed by atoms with Crippen molar-refractivity contribution in [3.8, 4) is 0 Å². The Balaban J connectivity index is 2.13. The molecule has 110 valence electrons. The Morgan fingerprint density at radius 3 is 2.67 bits per heavy atom. The van der Waals surface area contributed by atoms with Crippen molar-refractivity contribution in [2.45, 2.75) is 20.0 Å². The molecule has 0 spiro atoms. The maximum Gasteiger partial charge on any atom is 0.228 e. The van der Waals surface area contributed by atoms with Gasteiger partial charge >= 0.3 is 0 Å². The van der Waals surface area contributed by atoms with Gasteiger partial charge in [0.15, 0.2) is 0 Å². The topological polar surface area (TPSA) is 49.3 Å². The van der Waals surface area contributed by atoms with Gasteiger partial charge in [0.25, 0.3) is 0 Å². The lowest BCUT2D eigenvalue weighted by Gasteiger charge is -2.10. The summed E-state index contributed by atoms with van der Waals surface area (Å²) in [6, 6.07) is 8.17. The number of anilines is 1. The Morgan fingerprint density at radius 1 is 1.19 bits per heavy atom. The molecule has 0 aromatic heterocycles. The van der Waals surface area contributed by atoms with Crippen LogP contribution in [0.2, 0.25) is 0 Å². The van der Waals surface area contributed by atoms with Gasteiger partial charge in [-0.1, -0.05) is 12.1 Å². The molecule has 3 nitrogen and oxygen atoms in total. The van der Waals surface area contributed by atoms with E-state index in [4.69, 9.17) is 5.11 Å². The minimum atomic E-state index is -0.618. The van der Waals surface area contributed by atoms with E-state index in [-0.39, 0.29) is 18.6 Å². The number of benzene rings is 2. The van der Waals surface area contributed by atoms with Gasteiger partial charge in [-0.3, -0.25) is 4.79 Å².